The third kappa shape index (κ3) is 4.89. The summed E-state index contributed by atoms with van der Waals surface area (Å²) in [5.41, 5.74) is 0.918. The van der Waals surface area contributed by atoms with Crippen LogP contribution in [0, 0.1) is 0 Å². The lowest BCUT2D eigenvalue weighted by atomic mass is 10.2. The van der Waals surface area contributed by atoms with E-state index in [2.05, 4.69) is 5.32 Å². The quantitative estimate of drug-likeness (QED) is 0.837. The molecule has 4 nitrogen and oxygen atoms in total. The van der Waals surface area contributed by atoms with Gasteiger partial charge in [0.15, 0.2) is 6.10 Å². The number of hydrogen-bond donors (Lipinski definition) is 1. The largest absolute Gasteiger partial charge is 0.496 e. The first-order chi connectivity index (χ1) is 11.1. The number of nitrogens with one attached hydrogen (secondary N) is 1. The van der Waals surface area contributed by atoms with E-state index >= 15 is 0 Å². The van der Waals surface area contributed by atoms with Crippen molar-refractivity contribution < 1.29 is 14.3 Å². The van der Waals surface area contributed by atoms with Crippen molar-refractivity contribution in [2.24, 2.45) is 0 Å². The molecule has 2 rings (SSSR count). The highest BCUT2D eigenvalue weighted by Crippen LogP contribution is 2.20. The number of para-hydroxylation sites is 1. The van der Waals surface area contributed by atoms with Crippen molar-refractivity contribution in [3.05, 3.63) is 59.1 Å². The van der Waals surface area contributed by atoms with Gasteiger partial charge >= 0.3 is 0 Å². The lowest BCUT2D eigenvalue weighted by molar-refractivity contribution is -0.128. The highest BCUT2D eigenvalue weighted by atomic mass is 35.5. The molecule has 0 spiro atoms. The second kappa shape index (κ2) is 8.44. The van der Waals surface area contributed by atoms with Crippen molar-refractivity contribution in [2.75, 3.05) is 7.11 Å². The Bertz CT molecular complexity index is 660. The minimum absolute atomic E-state index is 0.168. The zero-order valence-corrected chi connectivity index (χ0v) is 14.0. The SMILES string of the molecule is CCC(Oc1cccc(Cl)c1)C(=O)NCc1ccccc1OC. The summed E-state index contributed by atoms with van der Waals surface area (Å²) in [6, 6.07) is 14.6. The van der Waals surface area contributed by atoms with Crippen LogP contribution in [0.3, 0.4) is 0 Å². The highest BCUT2D eigenvalue weighted by molar-refractivity contribution is 6.30. The van der Waals surface area contributed by atoms with Crippen LogP contribution >= 0.6 is 11.6 Å². The smallest absolute Gasteiger partial charge is 0.261 e. The first-order valence-corrected chi connectivity index (χ1v) is 7.83. The second-order valence-electron chi connectivity index (χ2n) is 5.00. The molecule has 5 heteroatoms. The van der Waals surface area contributed by atoms with Gasteiger partial charge in [-0.05, 0) is 30.7 Å². The summed E-state index contributed by atoms with van der Waals surface area (Å²) in [5, 5.41) is 3.46. The third-order valence-electron chi connectivity index (χ3n) is 3.38. The fourth-order valence-corrected chi connectivity index (χ4v) is 2.35. The van der Waals surface area contributed by atoms with Crippen LogP contribution in [0.2, 0.25) is 5.02 Å². The molecule has 0 saturated carbocycles. The number of methoxy groups -OCH3 is 1. The zero-order valence-electron chi connectivity index (χ0n) is 13.2. The predicted molar refractivity (Wildman–Crippen MR) is 91.0 cm³/mol. The Hall–Kier alpha value is -2.20. The fourth-order valence-electron chi connectivity index (χ4n) is 2.17. The molecular formula is C18H20ClNO3. The lowest BCUT2D eigenvalue weighted by Gasteiger charge is -2.18. The topological polar surface area (TPSA) is 47.6 Å². The van der Waals surface area contributed by atoms with Gasteiger partial charge in [-0.25, -0.2) is 0 Å². The Morgan fingerprint density at radius 2 is 2.00 bits per heavy atom. The number of carbonyl (C=O) groups excluding carboxylic acids is 1. The Morgan fingerprint density at radius 1 is 1.22 bits per heavy atom. The molecule has 0 radical (unpaired) electrons. The molecule has 0 saturated heterocycles. The van der Waals surface area contributed by atoms with Crippen molar-refractivity contribution >= 4 is 17.5 Å². The minimum atomic E-state index is -0.567. The standard InChI is InChI=1S/C18H20ClNO3/c1-3-16(23-15-9-6-8-14(19)11-15)18(21)20-12-13-7-4-5-10-17(13)22-2/h4-11,16H,3,12H2,1-2H3,(H,20,21). The summed E-state index contributed by atoms with van der Waals surface area (Å²) in [7, 11) is 1.61. The highest BCUT2D eigenvalue weighted by Gasteiger charge is 2.18. The van der Waals surface area contributed by atoms with Crippen LogP contribution in [0.4, 0.5) is 0 Å². The van der Waals surface area contributed by atoms with Gasteiger partial charge in [-0.15, -0.1) is 0 Å². The molecule has 23 heavy (non-hydrogen) atoms. The number of halogens is 1. The summed E-state index contributed by atoms with van der Waals surface area (Å²) >= 11 is 5.93. The van der Waals surface area contributed by atoms with Crippen LogP contribution in [-0.4, -0.2) is 19.1 Å². The number of benzene rings is 2. The molecule has 1 N–H and O–H groups in total. The molecule has 2 aromatic rings. The van der Waals surface area contributed by atoms with E-state index in [9.17, 15) is 4.79 Å². The Balaban J connectivity index is 1.97. The fraction of sp³-hybridized carbons (Fsp3) is 0.278. The van der Waals surface area contributed by atoms with E-state index in [1.54, 1.807) is 31.4 Å². The average Bonchev–Trinajstić information content (AvgIpc) is 2.57. The molecule has 122 valence electrons. The number of ether oxygens (including phenoxy) is 2. The van der Waals surface area contributed by atoms with Gasteiger partial charge in [-0.2, -0.15) is 0 Å². The van der Waals surface area contributed by atoms with Crippen LogP contribution in [0.15, 0.2) is 48.5 Å². The maximum absolute atomic E-state index is 12.3. The summed E-state index contributed by atoms with van der Waals surface area (Å²) in [5.74, 6) is 1.16. The molecule has 0 heterocycles. The van der Waals surface area contributed by atoms with Crippen LogP contribution in [0.25, 0.3) is 0 Å². The minimum Gasteiger partial charge on any atom is -0.496 e. The molecule has 0 bridgehead atoms. The van der Waals surface area contributed by atoms with Crippen LogP contribution in [-0.2, 0) is 11.3 Å². The number of carbonyl (C=O) groups is 1. The van der Waals surface area contributed by atoms with Crippen LogP contribution in [0.5, 0.6) is 11.5 Å². The van der Waals surface area contributed by atoms with Crippen molar-refractivity contribution in [2.45, 2.75) is 26.0 Å². The first-order valence-electron chi connectivity index (χ1n) is 7.46. The lowest BCUT2D eigenvalue weighted by Crippen LogP contribution is -2.37. The van der Waals surface area contributed by atoms with Gasteiger partial charge in [-0.3, -0.25) is 4.79 Å². The Morgan fingerprint density at radius 3 is 2.70 bits per heavy atom. The molecule has 0 fully saturated rings. The molecule has 0 aliphatic carbocycles. The molecule has 1 amide bonds. The molecule has 0 aliphatic rings. The van der Waals surface area contributed by atoms with E-state index in [0.717, 1.165) is 11.3 Å². The van der Waals surface area contributed by atoms with E-state index in [4.69, 9.17) is 21.1 Å². The van der Waals surface area contributed by atoms with Crippen molar-refractivity contribution in [1.29, 1.82) is 0 Å². The van der Waals surface area contributed by atoms with Crippen molar-refractivity contribution in [3.8, 4) is 11.5 Å². The normalized spacial score (nSPS) is 11.6. The van der Waals surface area contributed by atoms with Crippen molar-refractivity contribution in [3.63, 3.8) is 0 Å². The van der Waals surface area contributed by atoms with E-state index in [1.165, 1.54) is 0 Å². The number of hydrogen-bond acceptors (Lipinski definition) is 3. The van der Waals surface area contributed by atoms with Crippen molar-refractivity contribution in [1.82, 2.24) is 5.32 Å². The molecule has 1 unspecified atom stereocenters. The molecule has 1 atom stereocenters. The number of amides is 1. The predicted octanol–water partition coefficient (Wildman–Crippen LogP) is 3.82. The monoisotopic (exact) mass is 333 g/mol. The van der Waals surface area contributed by atoms with Gasteiger partial charge in [0.2, 0.25) is 0 Å². The first kappa shape index (κ1) is 17.2. The summed E-state index contributed by atoms with van der Waals surface area (Å²) in [6.45, 7) is 2.29. The third-order valence-corrected chi connectivity index (χ3v) is 3.62. The molecule has 0 aromatic heterocycles. The van der Waals surface area contributed by atoms with E-state index in [-0.39, 0.29) is 5.91 Å². The molecular weight excluding hydrogens is 314 g/mol. The van der Waals surface area contributed by atoms with Gasteiger partial charge in [0, 0.05) is 17.1 Å². The summed E-state index contributed by atoms with van der Waals surface area (Å²) < 4.78 is 11.0. The van der Waals surface area contributed by atoms with Gasteiger partial charge in [0.1, 0.15) is 11.5 Å². The van der Waals surface area contributed by atoms with Crippen LogP contribution in [0.1, 0.15) is 18.9 Å². The van der Waals surface area contributed by atoms with E-state index in [1.807, 2.05) is 31.2 Å². The van der Waals surface area contributed by atoms with Gasteiger partial charge < -0.3 is 14.8 Å². The Kier molecular flexibility index (Phi) is 6.29. The maximum Gasteiger partial charge on any atom is 0.261 e. The summed E-state index contributed by atoms with van der Waals surface area (Å²) in [6.07, 6.45) is -0.00671. The van der Waals surface area contributed by atoms with Gasteiger partial charge in [0.25, 0.3) is 5.91 Å². The second-order valence-corrected chi connectivity index (χ2v) is 5.44. The molecule has 2 aromatic carbocycles. The Labute approximate surface area is 141 Å². The molecule has 0 aliphatic heterocycles. The summed E-state index contributed by atoms with van der Waals surface area (Å²) in [4.78, 5) is 12.3. The average molecular weight is 334 g/mol. The van der Waals surface area contributed by atoms with E-state index in [0.29, 0.717) is 23.7 Å². The van der Waals surface area contributed by atoms with Gasteiger partial charge in [0.05, 0.1) is 7.11 Å². The zero-order chi connectivity index (χ0) is 16.7. The number of rotatable bonds is 7. The van der Waals surface area contributed by atoms with Crippen LogP contribution < -0.4 is 14.8 Å². The maximum atomic E-state index is 12.3. The van der Waals surface area contributed by atoms with E-state index < -0.39 is 6.10 Å². The van der Waals surface area contributed by atoms with Gasteiger partial charge in [-0.1, -0.05) is 42.8 Å².